The second-order valence-corrected chi connectivity index (χ2v) is 3.62. The lowest BCUT2D eigenvalue weighted by molar-refractivity contribution is -0.141. The van der Waals surface area contributed by atoms with Gasteiger partial charge < -0.3 is 14.9 Å². The minimum atomic E-state index is -1.35. The number of methoxy groups -OCH3 is 1. The van der Waals surface area contributed by atoms with Gasteiger partial charge >= 0.3 is 5.97 Å². The number of thioether (sulfide) groups is 1. The van der Waals surface area contributed by atoms with E-state index in [4.69, 9.17) is 14.9 Å². The van der Waals surface area contributed by atoms with Crippen LogP contribution in [0.3, 0.4) is 0 Å². The summed E-state index contributed by atoms with van der Waals surface area (Å²) in [6.45, 7) is 2.23. The average molecular weight is 180 g/mol. The van der Waals surface area contributed by atoms with E-state index in [1.165, 1.54) is 7.11 Å². The molecule has 0 aromatic carbocycles. The van der Waals surface area contributed by atoms with Gasteiger partial charge in [-0.3, -0.25) is 0 Å². The standard InChI is InChI=1S/C6H12O4S/c1-4(3-10-2)11-6(9)5(7)8/h4,6,9H,3H2,1-2H3,(H,7,8). The van der Waals surface area contributed by atoms with E-state index in [0.29, 0.717) is 6.61 Å². The van der Waals surface area contributed by atoms with Crippen molar-refractivity contribution in [3.05, 3.63) is 0 Å². The van der Waals surface area contributed by atoms with Gasteiger partial charge in [-0.1, -0.05) is 6.92 Å². The molecule has 0 heterocycles. The van der Waals surface area contributed by atoms with Crippen LogP contribution in [0.4, 0.5) is 0 Å². The largest absolute Gasteiger partial charge is 0.479 e. The molecule has 2 N–H and O–H groups in total. The van der Waals surface area contributed by atoms with E-state index in [1.54, 1.807) is 6.92 Å². The summed E-state index contributed by atoms with van der Waals surface area (Å²) in [6, 6.07) is 0. The number of carbonyl (C=O) groups is 1. The van der Waals surface area contributed by atoms with Crippen molar-refractivity contribution < 1.29 is 19.7 Å². The molecule has 0 aliphatic carbocycles. The van der Waals surface area contributed by atoms with Gasteiger partial charge in [-0.05, 0) is 0 Å². The zero-order valence-electron chi connectivity index (χ0n) is 6.48. The summed E-state index contributed by atoms with van der Waals surface area (Å²) in [5.74, 6) is -1.21. The molecule has 0 aliphatic heterocycles. The Balaban J connectivity index is 3.56. The first kappa shape index (κ1) is 10.7. The molecule has 2 unspecified atom stereocenters. The summed E-state index contributed by atoms with van der Waals surface area (Å²) in [4.78, 5) is 10.1. The summed E-state index contributed by atoms with van der Waals surface area (Å²) < 4.78 is 4.76. The molecule has 66 valence electrons. The minimum Gasteiger partial charge on any atom is -0.479 e. The van der Waals surface area contributed by atoms with Gasteiger partial charge in [-0.15, -0.1) is 11.8 Å². The lowest BCUT2D eigenvalue weighted by atomic mass is 10.5. The number of hydrogen-bond acceptors (Lipinski definition) is 4. The molecule has 0 amide bonds. The van der Waals surface area contributed by atoms with Crippen LogP contribution in [0.15, 0.2) is 0 Å². The molecule has 0 radical (unpaired) electrons. The van der Waals surface area contributed by atoms with E-state index in [2.05, 4.69) is 0 Å². The molecule has 0 aromatic heterocycles. The Bertz CT molecular complexity index is 128. The second-order valence-electron chi connectivity index (χ2n) is 2.09. The Hall–Kier alpha value is -0.260. The van der Waals surface area contributed by atoms with Crippen LogP contribution in [-0.2, 0) is 9.53 Å². The van der Waals surface area contributed by atoms with Crippen LogP contribution in [0.2, 0.25) is 0 Å². The molecular weight excluding hydrogens is 168 g/mol. The number of ether oxygens (including phenoxy) is 1. The van der Waals surface area contributed by atoms with Crippen molar-refractivity contribution in [3.8, 4) is 0 Å². The summed E-state index contributed by atoms with van der Waals surface area (Å²) in [5, 5.41) is 17.1. The second kappa shape index (κ2) is 5.40. The van der Waals surface area contributed by atoms with Gasteiger partial charge in [-0.25, -0.2) is 4.79 Å². The minimum absolute atomic E-state index is 0.00824. The summed E-state index contributed by atoms with van der Waals surface area (Å²) in [7, 11) is 1.53. The number of hydrogen-bond donors (Lipinski definition) is 2. The Labute approximate surface area is 69.6 Å². The number of aliphatic carboxylic acids is 1. The number of carboxylic acids is 1. The van der Waals surface area contributed by atoms with Crippen LogP contribution in [0.5, 0.6) is 0 Å². The first-order chi connectivity index (χ1) is 5.07. The zero-order valence-corrected chi connectivity index (χ0v) is 7.30. The molecule has 2 atom stereocenters. The molecule has 0 saturated carbocycles. The Morgan fingerprint density at radius 1 is 1.73 bits per heavy atom. The van der Waals surface area contributed by atoms with Crippen molar-refractivity contribution in [3.63, 3.8) is 0 Å². The van der Waals surface area contributed by atoms with Crippen LogP contribution >= 0.6 is 11.8 Å². The summed E-state index contributed by atoms with van der Waals surface area (Å²) >= 11 is 0.963. The predicted octanol–water partition coefficient (Wildman–Crippen LogP) is 0.158. The Morgan fingerprint density at radius 3 is 2.64 bits per heavy atom. The first-order valence-electron chi connectivity index (χ1n) is 3.13. The van der Waals surface area contributed by atoms with E-state index in [-0.39, 0.29) is 5.25 Å². The molecule has 5 heteroatoms. The van der Waals surface area contributed by atoms with E-state index < -0.39 is 11.4 Å². The fourth-order valence-corrected chi connectivity index (χ4v) is 1.32. The number of carboxylic acid groups (broad SMARTS) is 1. The third kappa shape index (κ3) is 5.06. The van der Waals surface area contributed by atoms with E-state index in [0.717, 1.165) is 11.8 Å². The summed E-state index contributed by atoms with van der Waals surface area (Å²) in [5.41, 5.74) is -1.35. The topological polar surface area (TPSA) is 66.8 Å². The molecule has 0 aromatic rings. The van der Waals surface area contributed by atoms with Crippen LogP contribution in [0.25, 0.3) is 0 Å². The van der Waals surface area contributed by atoms with Crippen molar-refractivity contribution in [2.75, 3.05) is 13.7 Å². The number of aliphatic hydroxyl groups excluding tert-OH is 1. The highest BCUT2D eigenvalue weighted by Gasteiger charge is 2.16. The van der Waals surface area contributed by atoms with Crippen molar-refractivity contribution in [2.24, 2.45) is 0 Å². The van der Waals surface area contributed by atoms with Gasteiger partial charge in [0.05, 0.1) is 6.61 Å². The van der Waals surface area contributed by atoms with Crippen LogP contribution in [0.1, 0.15) is 6.92 Å². The molecule has 0 aliphatic rings. The van der Waals surface area contributed by atoms with Gasteiger partial charge in [0, 0.05) is 12.4 Å². The molecular formula is C6H12O4S. The average Bonchev–Trinajstić information content (AvgIpc) is 1.87. The van der Waals surface area contributed by atoms with Crippen LogP contribution in [0, 0.1) is 0 Å². The Kier molecular flexibility index (Phi) is 5.27. The Morgan fingerprint density at radius 2 is 2.27 bits per heavy atom. The number of aliphatic hydroxyl groups is 1. The van der Waals surface area contributed by atoms with Gasteiger partial charge in [0.2, 0.25) is 0 Å². The first-order valence-corrected chi connectivity index (χ1v) is 4.07. The fraction of sp³-hybridized carbons (Fsp3) is 0.833. The van der Waals surface area contributed by atoms with Gasteiger partial charge in [-0.2, -0.15) is 0 Å². The van der Waals surface area contributed by atoms with Gasteiger partial charge in [0.1, 0.15) is 0 Å². The fourth-order valence-electron chi connectivity index (χ4n) is 0.552. The highest BCUT2D eigenvalue weighted by molar-refractivity contribution is 8.01. The molecule has 0 rings (SSSR count). The van der Waals surface area contributed by atoms with Crippen molar-refractivity contribution in [1.29, 1.82) is 0 Å². The maximum Gasteiger partial charge on any atom is 0.343 e. The smallest absolute Gasteiger partial charge is 0.343 e. The molecule has 0 bridgehead atoms. The SMILES string of the molecule is COCC(C)SC(O)C(=O)O. The van der Waals surface area contributed by atoms with E-state index >= 15 is 0 Å². The van der Waals surface area contributed by atoms with Crippen molar-refractivity contribution in [1.82, 2.24) is 0 Å². The normalized spacial score (nSPS) is 15.9. The zero-order chi connectivity index (χ0) is 8.85. The van der Waals surface area contributed by atoms with E-state index in [1.807, 2.05) is 0 Å². The maximum absolute atomic E-state index is 10.1. The lowest BCUT2D eigenvalue weighted by Crippen LogP contribution is -2.20. The molecule has 0 saturated heterocycles. The highest BCUT2D eigenvalue weighted by Crippen LogP contribution is 2.15. The molecule has 11 heavy (non-hydrogen) atoms. The molecule has 4 nitrogen and oxygen atoms in total. The molecule has 0 spiro atoms. The quantitative estimate of drug-likeness (QED) is 0.590. The number of rotatable bonds is 5. The molecule has 0 fully saturated rings. The monoisotopic (exact) mass is 180 g/mol. The van der Waals surface area contributed by atoms with E-state index in [9.17, 15) is 4.79 Å². The lowest BCUT2D eigenvalue weighted by Gasteiger charge is -2.11. The predicted molar refractivity (Wildman–Crippen MR) is 42.6 cm³/mol. The third-order valence-electron chi connectivity index (χ3n) is 0.974. The van der Waals surface area contributed by atoms with Crippen molar-refractivity contribution in [2.45, 2.75) is 17.6 Å². The van der Waals surface area contributed by atoms with Gasteiger partial charge in [0.15, 0.2) is 5.44 Å². The van der Waals surface area contributed by atoms with Crippen LogP contribution in [-0.4, -0.2) is 40.6 Å². The highest BCUT2D eigenvalue weighted by atomic mass is 32.2. The maximum atomic E-state index is 10.1. The van der Waals surface area contributed by atoms with Gasteiger partial charge in [0.25, 0.3) is 0 Å². The summed E-state index contributed by atoms with van der Waals surface area (Å²) in [6.07, 6.45) is 0. The third-order valence-corrected chi connectivity index (χ3v) is 2.03. The van der Waals surface area contributed by atoms with Crippen LogP contribution < -0.4 is 0 Å². The van der Waals surface area contributed by atoms with Crippen molar-refractivity contribution >= 4 is 17.7 Å².